The van der Waals surface area contributed by atoms with Crippen LogP contribution in [0, 0.1) is 0 Å². The number of ketones is 1. The molecule has 0 radical (unpaired) electrons. The van der Waals surface area contributed by atoms with Crippen LogP contribution in [0.15, 0.2) is 84.9 Å². The van der Waals surface area contributed by atoms with Gasteiger partial charge in [0.2, 0.25) is 0 Å². The predicted molar refractivity (Wildman–Crippen MR) is 139 cm³/mol. The molecule has 41 heavy (non-hydrogen) atoms. The summed E-state index contributed by atoms with van der Waals surface area (Å²) in [7, 11) is 1.29. The number of carbonyl (C=O) groups excluding carboxylic acids is 2. The number of ether oxygens (including phenoxy) is 3. The molecule has 0 amide bonds. The second-order valence-corrected chi connectivity index (χ2v) is 9.13. The van der Waals surface area contributed by atoms with E-state index in [-0.39, 0.29) is 22.7 Å². The van der Waals surface area contributed by atoms with E-state index in [4.69, 9.17) is 9.47 Å². The summed E-state index contributed by atoms with van der Waals surface area (Å²) < 4.78 is 98.7. The molecule has 0 aliphatic rings. The minimum absolute atomic E-state index is 0.177. The van der Waals surface area contributed by atoms with Crippen LogP contribution >= 0.6 is 0 Å². The van der Waals surface area contributed by atoms with E-state index < -0.39 is 43.6 Å². The van der Waals surface area contributed by atoms with Crippen molar-refractivity contribution in [1.82, 2.24) is 0 Å². The van der Waals surface area contributed by atoms with Gasteiger partial charge in [0.25, 0.3) is 0 Å². The fourth-order valence-corrected chi connectivity index (χ4v) is 3.66. The third kappa shape index (κ3) is 7.15. The molecule has 0 bridgehead atoms. The molecule has 0 aliphatic carbocycles. The van der Waals surface area contributed by atoms with Crippen LogP contribution in [0.1, 0.15) is 28.4 Å². The van der Waals surface area contributed by atoms with Gasteiger partial charge in [0.05, 0.1) is 13.7 Å². The van der Waals surface area contributed by atoms with Gasteiger partial charge in [0, 0.05) is 22.3 Å². The maximum absolute atomic E-state index is 14.3. The Morgan fingerprint density at radius 1 is 0.780 bits per heavy atom. The highest BCUT2D eigenvalue weighted by Gasteiger charge is 2.72. The Morgan fingerprint density at radius 3 is 1.93 bits per heavy atom. The Labute approximate surface area is 232 Å². The van der Waals surface area contributed by atoms with Crippen molar-refractivity contribution < 1.29 is 50.1 Å². The molecular formula is C30H26F6O5. The number of alkyl halides is 6. The SMILES string of the molecule is C=C(C)C(=O)OCC(F)(F)C(F)(F)C(F)(F)COCc1cc(-c2ccc(C(=O)c3ccccc3)cc2)ccc1OC. The predicted octanol–water partition coefficient (Wildman–Crippen LogP) is 7.14. The summed E-state index contributed by atoms with van der Waals surface area (Å²) in [6, 6.07) is 19.8. The third-order valence-electron chi connectivity index (χ3n) is 5.99. The molecule has 0 saturated heterocycles. The maximum atomic E-state index is 14.3. The highest BCUT2D eigenvalue weighted by atomic mass is 19.3. The van der Waals surface area contributed by atoms with E-state index in [0.717, 1.165) is 6.92 Å². The van der Waals surface area contributed by atoms with Gasteiger partial charge in [0.1, 0.15) is 12.4 Å². The van der Waals surface area contributed by atoms with Crippen molar-refractivity contribution in [2.45, 2.75) is 31.3 Å². The molecule has 218 valence electrons. The summed E-state index contributed by atoms with van der Waals surface area (Å²) >= 11 is 0. The molecule has 0 spiro atoms. The van der Waals surface area contributed by atoms with Gasteiger partial charge in [-0.2, -0.15) is 26.3 Å². The van der Waals surface area contributed by atoms with Crippen LogP contribution in [0.2, 0.25) is 0 Å². The zero-order valence-corrected chi connectivity index (χ0v) is 22.1. The van der Waals surface area contributed by atoms with E-state index >= 15 is 0 Å². The normalized spacial score (nSPS) is 12.1. The van der Waals surface area contributed by atoms with Crippen LogP contribution in [0.25, 0.3) is 11.1 Å². The van der Waals surface area contributed by atoms with E-state index in [9.17, 15) is 35.9 Å². The number of esters is 1. The van der Waals surface area contributed by atoms with Crippen LogP contribution in [0.3, 0.4) is 0 Å². The molecule has 11 heteroatoms. The summed E-state index contributed by atoms with van der Waals surface area (Å²) in [5, 5.41) is 0. The number of hydrogen-bond acceptors (Lipinski definition) is 5. The lowest BCUT2D eigenvalue weighted by Crippen LogP contribution is -2.58. The van der Waals surface area contributed by atoms with Gasteiger partial charge < -0.3 is 14.2 Å². The second kappa shape index (κ2) is 12.6. The average Bonchev–Trinajstić information content (AvgIpc) is 2.95. The maximum Gasteiger partial charge on any atom is 0.377 e. The molecule has 3 aromatic rings. The molecule has 0 N–H and O–H groups in total. The van der Waals surface area contributed by atoms with Crippen molar-refractivity contribution in [1.29, 1.82) is 0 Å². The molecule has 0 atom stereocenters. The minimum atomic E-state index is -5.90. The zero-order valence-electron chi connectivity index (χ0n) is 22.1. The van der Waals surface area contributed by atoms with Crippen LogP contribution in [0.4, 0.5) is 26.3 Å². The number of carbonyl (C=O) groups is 2. The molecule has 3 rings (SSSR count). The molecule has 3 aromatic carbocycles. The monoisotopic (exact) mass is 580 g/mol. The first-order valence-electron chi connectivity index (χ1n) is 12.1. The lowest BCUT2D eigenvalue weighted by Gasteiger charge is -2.32. The van der Waals surface area contributed by atoms with Gasteiger partial charge in [-0.1, -0.05) is 67.2 Å². The van der Waals surface area contributed by atoms with Crippen LogP contribution in [-0.2, 0) is 20.9 Å². The van der Waals surface area contributed by atoms with E-state index in [0.29, 0.717) is 22.3 Å². The molecule has 0 heterocycles. The van der Waals surface area contributed by atoms with Gasteiger partial charge in [-0.25, -0.2) is 4.79 Å². The Bertz CT molecular complexity index is 1390. The molecule has 0 aliphatic heterocycles. The molecule has 5 nitrogen and oxygen atoms in total. The van der Waals surface area contributed by atoms with Gasteiger partial charge in [-0.3, -0.25) is 4.79 Å². The van der Waals surface area contributed by atoms with Crippen molar-refractivity contribution >= 4 is 11.8 Å². The number of hydrogen-bond donors (Lipinski definition) is 0. The summed E-state index contributed by atoms with van der Waals surface area (Å²) in [4.78, 5) is 23.9. The molecule has 0 fully saturated rings. The highest BCUT2D eigenvalue weighted by Crippen LogP contribution is 2.46. The second-order valence-electron chi connectivity index (χ2n) is 9.13. The molecule has 0 saturated carbocycles. The first kappa shape index (κ1) is 31.4. The van der Waals surface area contributed by atoms with E-state index in [1.807, 2.05) is 0 Å². The fraction of sp³-hybridized carbons (Fsp3) is 0.267. The van der Waals surface area contributed by atoms with Crippen LogP contribution in [-0.4, -0.2) is 49.8 Å². The number of halogens is 6. The number of benzene rings is 3. The number of methoxy groups -OCH3 is 1. The molecule has 0 aromatic heterocycles. The van der Waals surface area contributed by atoms with Crippen molar-refractivity contribution in [3.05, 3.63) is 102 Å². The average molecular weight is 581 g/mol. The Kier molecular flexibility index (Phi) is 9.65. The Hall–Kier alpha value is -4.12. The lowest BCUT2D eigenvalue weighted by atomic mass is 9.98. The minimum Gasteiger partial charge on any atom is -0.496 e. The molecule has 0 unspecified atom stereocenters. The number of rotatable bonds is 13. The Morgan fingerprint density at radius 2 is 1.34 bits per heavy atom. The van der Waals surface area contributed by atoms with E-state index in [1.54, 1.807) is 60.7 Å². The third-order valence-corrected chi connectivity index (χ3v) is 5.99. The van der Waals surface area contributed by atoms with Crippen molar-refractivity contribution in [2.24, 2.45) is 0 Å². The smallest absolute Gasteiger partial charge is 0.377 e. The topological polar surface area (TPSA) is 61.8 Å². The zero-order chi connectivity index (χ0) is 30.4. The summed E-state index contributed by atoms with van der Waals surface area (Å²) in [5.74, 6) is -18.0. The summed E-state index contributed by atoms with van der Waals surface area (Å²) in [6.07, 6.45) is 0. The van der Waals surface area contributed by atoms with Crippen LogP contribution in [0.5, 0.6) is 5.75 Å². The Balaban J connectivity index is 1.71. The fourth-order valence-electron chi connectivity index (χ4n) is 3.66. The summed E-state index contributed by atoms with van der Waals surface area (Å²) in [6.45, 7) is -0.835. The lowest BCUT2D eigenvalue weighted by molar-refractivity contribution is -0.327. The largest absolute Gasteiger partial charge is 0.496 e. The van der Waals surface area contributed by atoms with E-state index in [1.165, 1.54) is 19.2 Å². The van der Waals surface area contributed by atoms with Gasteiger partial charge >= 0.3 is 23.7 Å². The standard InChI is InChI=1S/C30H26F6O5/c1-19(2)27(38)41-18-29(33,34)30(35,36)28(31,32)17-40-16-24-15-23(13-14-25(24)39-3)20-9-11-22(12-10-20)26(37)21-7-5-4-6-8-21/h4-15H,1,16-18H2,2-3H3. The highest BCUT2D eigenvalue weighted by molar-refractivity contribution is 6.09. The molecular weight excluding hydrogens is 554 g/mol. The van der Waals surface area contributed by atoms with E-state index in [2.05, 4.69) is 11.3 Å². The quantitative estimate of drug-likeness (QED) is 0.0932. The van der Waals surface area contributed by atoms with Gasteiger partial charge in [-0.15, -0.1) is 0 Å². The van der Waals surface area contributed by atoms with Crippen molar-refractivity contribution in [3.8, 4) is 16.9 Å². The summed E-state index contributed by atoms with van der Waals surface area (Å²) in [5.41, 5.74) is 1.96. The van der Waals surface area contributed by atoms with Gasteiger partial charge in [-0.05, 0) is 30.2 Å². The van der Waals surface area contributed by atoms with Crippen molar-refractivity contribution in [2.75, 3.05) is 20.3 Å². The van der Waals surface area contributed by atoms with Crippen molar-refractivity contribution in [3.63, 3.8) is 0 Å². The van der Waals surface area contributed by atoms with Gasteiger partial charge in [0.15, 0.2) is 12.4 Å². The van der Waals surface area contributed by atoms with Crippen LogP contribution < -0.4 is 4.74 Å². The first-order chi connectivity index (χ1) is 19.2. The first-order valence-corrected chi connectivity index (χ1v) is 12.1.